The number of hydrogen-bond donors (Lipinski definition) is 1. The van der Waals surface area contributed by atoms with Gasteiger partial charge in [-0.25, -0.2) is 0 Å². The van der Waals surface area contributed by atoms with Crippen LogP contribution in [0.3, 0.4) is 0 Å². The molecular weight excluding hydrogens is 326 g/mol. The van der Waals surface area contributed by atoms with Crippen molar-refractivity contribution in [3.8, 4) is 0 Å². The summed E-state index contributed by atoms with van der Waals surface area (Å²) >= 11 is 0. The molecule has 0 aliphatic heterocycles. The summed E-state index contributed by atoms with van der Waals surface area (Å²) in [6.45, 7) is 1.06. The Labute approximate surface area is 163 Å². The molecule has 0 saturated heterocycles. The van der Waals surface area contributed by atoms with Crippen LogP contribution in [0.25, 0.3) is 0 Å². The summed E-state index contributed by atoms with van der Waals surface area (Å²) < 4.78 is 0. The topological polar surface area (TPSA) is 12.0 Å². The van der Waals surface area contributed by atoms with E-state index in [1.165, 1.54) is 36.0 Å². The zero-order valence-electron chi connectivity index (χ0n) is 16.0. The summed E-state index contributed by atoms with van der Waals surface area (Å²) in [5.41, 5.74) is 5.91. The molecule has 3 aromatic carbocycles. The van der Waals surface area contributed by atoms with Gasteiger partial charge in [0, 0.05) is 12.0 Å². The lowest BCUT2D eigenvalue weighted by Gasteiger charge is -2.21. The average molecular weight is 356 g/mol. The van der Waals surface area contributed by atoms with E-state index < -0.39 is 0 Å². The van der Waals surface area contributed by atoms with Gasteiger partial charge in [-0.3, -0.25) is 0 Å². The molecule has 0 saturated carbocycles. The van der Waals surface area contributed by atoms with Crippen molar-refractivity contribution in [2.24, 2.45) is 0 Å². The second kappa shape index (κ2) is 9.01. The second-order valence-corrected chi connectivity index (χ2v) is 7.68. The molecule has 138 valence electrons. The minimum Gasteiger partial charge on any atom is -0.314 e. The molecule has 0 spiro atoms. The molecule has 0 bridgehead atoms. The summed E-state index contributed by atoms with van der Waals surface area (Å²) in [5.74, 6) is 0.456. The van der Waals surface area contributed by atoms with Crippen molar-refractivity contribution in [1.82, 2.24) is 5.32 Å². The van der Waals surface area contributed by atoms with Gasteiger partial charge in [-0.15, -0.1) is 0 Å². The first-order valence-corrected chi connectivity index (χ1v) is 10.3. The zero-order valence-corrected chi connectivity index (χ0v) is 16.0. The van der Waals surface area contributed by atoms with Gasteiger partial charge < -0.3 is 5.32 Å². The summed E-state index contributed by atoms with van der Waals surface area (Å²) in [4.78, 5) is 0. The number of rotatable bonds is 6. The monoisotopic (exact) mass is 355 g/mol. The van der Waals surface area contributed by atoms with Gasteiger partial charge in [0.15, 0.2) is 0 Å². The quantitative estimate of drug-likeness (QED) is 0.556. The smallest absolute Gasteiger partial charge is 0.0108 e. The number of nitrogens with one attached hydrogen (secondary N) is 1. The molecule has 1 aliphatic rings. The third kappa shape index (κ3) is 4.67. The van der Waals surface area contributed by atoms with Crippen LogP contribution in [-0.2, 0) is 12.8 Å². The van der Waals surface area contributed by atoms with E-state index in [4.69, 9.17) is 0 Å². The molecule has 0 radical (unpaired) electrons. The SMILES string of the molecule is c1ccc(C(CCNC2CCCc3ccccc3C2)c2ccccc2)cc1. The van der Waals surface area contributed by atoms with Gasteiger partial charge in [0.05, 0.1) is 0 Å². The maximum Gasteiger partial charge on any atom is 0.0108 e. The van der Waals surface area contributed by atoms with Crippen molar-refractivity contribution >= 4 is 0 Å². The molecule has 1 N–H and O–H groups in total. The second-order valence-electron chi connectivity index (χ2n) is 7.68. The van der Waals surface area contributed by atoms with Crippen molar-refractivity contribution in [3.63, 3.8) is 0 Å². The van der Waals surface area contributed by atoms with Crippen molar-refractivity contribution in [3.05, 3.63) is 107 Å². The Morgan fingerprint density at radius 3 is 2.00 bits per heavy atom. The molecule has 3 aromatic rings. The maximum absolute atomic E-state index is 3.87. The van der Waals surface area contributed by atoms with E-state index in [0.29, 0.717) is 12.0 Å². The van der Waals surface area contributed by atoms with Crippen LogP contribution in [0.15, 0.2) is 84.9 Å². The molecule has 0 aromatic heterocycles. The highest BCUT2D eigenvalue weighted by Crippen LogP contribution is 2.28. The number of aryl methyl sites for hydroxylation is 1. The Balaban J connectivity index is 1.41. The van der Waals surface area contributed by atoms with Gasteiger partial charge >= 0.3 is 0 Å². The van der Waals surface area contributed by atoms with Gasteiger partial charge in [0.25, 0.3) is 0 Å². The Morgan fingerprint density at radius 2 is 1.33 bits per heavy atom. The lowest BCUT2D eigenvalue weighted by Crippen LogP contribution is -2.32. The van der Waals surface area contributed by atoms with E-state index in [9.17, 15) is 0 Å². The molecule has 0 amide bonds. The standard InChI is InChI=1S/C26H29N/c1-3-11-22(12-4-1)26(23-13-5-2-6-14-23)18-19-27-25-17-9-16-21-10-7-8-15-24(21)20-25/h1-8,10-15,25-27H,9,16-20H2. The molecule has 1 atom stereocenters. The molecule has 1 nitrogen and oxygen atoms in total. The maximum atomic E-state index is 3.87. The molecule has 0 fully saturated rings. The predicted molar refractivity (Wildman–Crippen MR) is 114 cm³/mol. The van der Waals surface area contributed by atoms with Crippen LogP contribution in [0.2, 0.25) is 0 Å². The van der Waals surface area contributed by atoms with Gasteiger partial charge in [0.2, 0.25) is 0 Å². The van der Waals surface area contributed by atoms with Crippen molar-refractivity contribution in [2.45, 2.75) is 44.1 Å². The van der Waals surface area contributed by atoms with Crippen molar-refractivity contribution < 1.29 is 0 Å². The van der Waals surface area contributed by atoms with E-state index in [0.717, 1.165) is 19.4 Å². The number of benzene rings is 3. The molecule has 27 heavy (non-hydrogen) atoms. The minimum absolute atomic E-state index is 0.456. The Morgan fingerprint density at radius 1 is 0.741 bits per heavy atom. The van der Waals surface area contributed by atoms with Crippen LogP contribution < -0.4 is 5.32 Å². The average Bonchev–Trinajstić information content (AvgIpc) is 2.94. The fourth-order valence-electron chi connectivity index (χ4n) is 4.41. The first-order chi connectivity index (χ1) is 13.4. The number of fused-ring (bicyclic) bond motifs is 1. The van der Waals surface area contributed by atoms with Crippen molar-refractivity contribution in [2.75, 3.05) is 6.54 Å². The highest BCUT2D eigenvalue weighted by Gasteiger charge is 2.18. The summed E-state index contributed by atoms with van der Waals surface area (Å²) in [6, 6.07) is 31.5. The highest BCUT2D eigenvalue weighted by molar-refractivity contribution is 5.32. The van der Waals surface area contributed by atoms with Gasteiger partial charge in [-0.1, -0.05) is 84.9 Å². The van der Waals surface area contributed by atoms with E-state index in [1.807, 2.05) is 0 Å². The summed E-state index contributed by atoms with van der Waals surface area (Å²) in [5, 5.41) is 3.87. The van der Waals surface area contributed by atoms with E-state index in [1.54, 1.807) is 5.56 Å². The highest BCUT2D eigenvalue weighted by atomic mass is 14.9. The van der Waals surface area contributed by atoms with Crippen molar-refractivity contribution in [1.29, 1.82) is 0 Å². The van der Waals surface area contributed by atoms with E-state index in [2.05, 4.69) is 90.2 Å². The van der Waals surface area contributed by atoms with Crippen LogP contribution in [-0.4, -0.2) is 12.6 Å². The molecule has 1 aliphatic carbocycles. The summed E-state index contributed by atoms with van der Waals surface area (Å²) in [7, 11) is 0. The van der Waals surface area contributed by atoms with E-state index >= 15 is 0 Å². The van der Waals surface area contributed by atoms with Crippen LogP contribution in [0.1, 0.15) is 47.4 Å². The minimum atomic E-state index is 0.456. The van der Waals surface area contributed by atoms with Gasteiger partial charge in [-0.05, 0) is 60.9 Å². The third-order valence-electron chi connectivity index (χ3n) is 5.85. The lowest BCUT2D eigenvalue weighted by atomic mass is 9.88. The third-order valence-corrected chi connectivity index (χ3v) is 5.85. The molecule has 1 heteroatoms. The Kier molecular flexibility index (Phi) is 6.01. The van der Waals surface area contributed by atoms with Crippen LogP contribution in [0, 0.1) is 0 Å². The van der Waals surface area contributed by atoms with Gasteiger partial charge in [0.1, 0.15) is 0 Å². The normalized spacial score (nSPS) is 16.7. The predicted octanol–water partition coefficient (Wildman–Crippen LogP) is 5.75. The Hall–Kier alpha value is -2.38. The first-order valence-electron chi connectivity index (χ1n) is 10.3. The lowest BCUT2D eigenvalue weighted by molar-refractivity contribution is 0.463. The molecule has 4 rings (SSSR count). The van der Waals surface area contributed by atoms with Crippen LogP contribution in [0.5, 0.6) is 0 Å². The van der Waals surface area contributed by atoms with Gasteiger partial charge in [-0.2, -0.15) is 0 Å². The molecule has 1 unspecified atom stereocenters. The Bertz CT molecular complexity index is 786. The molecular formula is C26H29N. The van der Waals surface area contributed by atoms with Crippen LogP contribution in [0.4, 0.5) is 0 Å². The van der Waals surface area contributed by atoms with Crippen LogP contribution >= 0.6 is 0 Å². The largest absolute Gasteiger partial charge is 0.314 e. The van der Waals surface area contributed by atoms with E-state index in [-0.39, 0.29) is 0 Å². The first kappa shape index (κ1) is 18.0. The zero-order chi connectivity index (χ0) is 18.3. The summed E-state index contributed by atoms with van der Waals surface area (Å²) in [6.07, 6.45) is 6.08. The fourth-order valence-corrected chi connectivity index (χ4v) is 4.41. The fraction of sp³-hybridized carbons (Fsp3) is 0.308. The molecule has 0 heterocycles. The number of hydrogen-bond acceptors (Lipinski definition) is 1.